The van der Waals surface area contributed by atoms with Crippen LogP contribution in [0.2, 0.25) is 5.02 Å². The van der Waals surface area contributed by atoms with Crippen LogP contribution in [0.3, 0.4) is 0 Å². The normalized spacial score (nSPS) is 12.0. The van der Waals surface area contributed by atoms with Gasteiger partial charge in [-0.25, -0.2) is 13.1 Å². The molecule has 1 heterocycles. The second-order valence-electron chi connectivity index (χ2n) is 3.86. The van der Waals surface area contributed by atoms with Crippen molar-refractivity contribution in [2.24, 2.45) is 0 Å². The third kappa shape index (κ3) is 4.59. The van der Waals surface area contributed by atoms with Crippen LogP contribution in [0.4, 0.5) is 0 Å². The molecule has 0 aliphatic carbocycles. The highest BCUT2D eigenvalue weighted by molar-refractivity contribution is 7.89. The third-order valence-electron chi connectivity index (χ3n) is 2.10. The number of rotatable bonds is 6. The van der Waals surface area contributed by atoms with E-state index in [4.69, 9.17) is 11.6 Å². The Morgan fingerprint density at radius 1 is 1.47 bits per heavy atom. The van der Waals surface area contributed by atoms with Gasteiger partial charge in [-0.05, 0) is 33.1 Å². The van der Waals surface area contributed by atoms with E-state index in [0.29, 0.717) is 6.54 Å². The summed E-state index contributed by atoms with van der Waals surface area (Å²) in [5.41, 5.74) is 0. The molecule has 0 saturated heterocycles. The average Bonchev–Trinajstić information content (AvgIpc) is 2.24. The van der Waals surface area contributed by atoms with Gasteiger partial charge in [0.2, 0.25) is 10.0 Å². The van der Waals surface area contributed by atoms with Crippen molar-refractivity contribution in [3.63, 3.8) is 0 Å². The van der Waals surface area contributed by atoms with Crippen molar-refractivity contribution in [2.75, 3.05) is 27.2 Å². The van der Waals surface area contributed by atoms with E-state index in [-0.39, 0.29) is 9.92 Å². The monoisotopic (exact) mass is 277 g/mol. The van der Waals surface area contributed by atoms with Gasteiger partial charge >= 0.3 is 0 Å². The Morgan fingerprint density at radius 2 is 2.18 bits per heavy atom. The highest BCUT2D eigenvalue weighted by Gasteiger charge is 2.16. The summed E-state index contributed by atoms with van der Waals surface area (Å²) in [6, 6.07) is 1.45. The zero-order valence-electron chi connectivity index (χ0n) is 9.85. The summed E-state index contributed by atoms with van der Waals surface area (Å²) in [6.07, 6.45) is 3.44. The summed E-state index contributed by atoms with van der Waals surface area (Å²) in [5.74, 6) is 0. The van der Waals surface area contributed by atoms with Crippen molar-refractivity contribution in [3.8, 4) is 0 Å². The Balaban J connectivity index is 2.61. The maximum absolute atomic E-state index is 11.8. The van der Waals surface area contributed by atoms with Crippen LogP contribution >= 0.6 is 11.6 Å². The molecule has 0 aromatic carbocycles. The summed E-state index contributed by atoms with van der Waals surface area (Å²) < 4.78 is 26.2. The molecule has 0 amide bonds. The molecular formula is C10H16ClN3O2S. The van der Waals surface area contributed by atoms with Gasteiger partial charge in [-0.3, -0.25) is 4.98 Å². The van der Waals surface area contributed by atoms with Gasteiger partial charge in [0.1, 0.15) is 4.90 Å². The Kier molecular flexibility index (Phi) is 5.32. The number of hydrogen-bond acceptors (Lipinski definition) is 4. The predicted octanol–water partition coefficient (Wildman–Crippen LogP) is 0.965. The fourth-order valence-electron chi connectivity index (χ4n) is 1.24. The first-order valence-corrected chi connectivity index (χ1v) is 7.03. The zero-order valence-corrected chi connectivity index (χ0v) is 11.4. The SMILES string of the molecule is CN(C)CCCNS(=O)(=O)c1cnccc1Cl. The zero-order chi connectivity index (χ0) is 12.9. The number of aromatic nitrogens is 1. The van der Waals surface area contributed by atoms with Gasteiger partial charge in [0.15, 0.2) is 0 Å². The van der Waals surface area contributed by atoms with Crippen LogP contribution in [0.15, 0.2) is 23.4 Å². The summed E-state index contributed by atoms with van der Waals surface area (Å²) in [4.78, 5) is 5.77. The van der Waals surface area contributed by atoms with Crippen molar-refractivity contribution in [1.82, 2.24) is 14.6 Å². The molecule has 5 nitrogen and oxygen atoms in total. The lowest BCUT2D eigenvalue weighted by Crippen LogP contribution is -2.27. The van der Waals surface area contributed by atoms with Crippen LogP contribution in [0.5, 0.6) is 0 Å². The van der Waals surface area contributed by atoms with E-state index in [0.717, 1.165) is 13.0 Å². The minimum absolute atomic E-state index is 0.0199. The Hall–Kier alpha value is -0.690. The van der Waals surface area contributed by atoms with Gasteiger partial charge in [0, 0.05) is 18.9 Å². The van der Waals surface area contributed by atoms with E-state index in [9.17, 15) is 8.42 Å². The smallest absolute Gasteiger partial charge is 0.243 e. The first-order chi connectivity index (χ1) is 7.93. The van der Waals surface area contributed by atoms with Gasteiger partial charge in [-0.15, -0.1) is 0 Å². The largest absolute Gasteiger partial charge is 0.309 e. The van der Waals surface area contributed by atoms with Gasteiger partial charge < -0.3 is 4.90 Å². The van der Waals surface area contributed by atoms with E-state index in [1.54, 1.807) is 0 Å². The molecule has 0 atom stereocenters. The molecule has 0 spiro atoms. The van der Waals surface area contributed by atoms with Crippen molar-refractivity contribution < 1.29 is 8.42 Å². The number of hydrogen-bond donors (Lipinski definition) is 1. The Bertz CT molecular complexity index is 462. The van der Waals surface area contributed by atoms with Crippen LogP contribution in [0, 0.1) is 0 Å². The minimum atomic E-state index is -3.55. The van der Waals surface area contributed by atoms with Crippen LogP contribution in [-0.4, -0.2) is 45.5 Å². The van der Waals surface area contributed by atoms with E-state index >= 15 is 0 Å². The predicted molar refractivity (Wildman–Crippen MR) is 67.6 cm³/mol. The van der Waals surface area contributed by atoms with E-state index in [2.05, 4.69) is 9.71 Å². The lowest BCUT2D eigenvalue weighted by molar-refractivity contribution is 0.400. The summed E-state index contributed by atoms with van der Waals surface area (Å²) in [6.45, 7) is 1.20. The van der Waals surface area contributed by atoms with Crippen LogP contribution in [-0.2, 0) is 10.0 Å². The lowest BCUT2D eigenvalue weighted by atomic mass is 10.4. The molecule has 1 aromatic heterocycles. The molecule has 0 fully saturated rings. The molecule has 7 heteroatoms. The number of pyridine rings is 1. The second kappa shape index (κ2) is 6.30. The molecular weight excluding hydrogens is 262 g/mol. The molecule has 1 N–H and O–H groups in total. The quantitative estimate of drug-likeness (QED) is 0.787. The number of nitrogens with one attached hydrogen (secondary N) is 1. The Labute approximate surface area is 107 Å². The van der Waals surface area contributed by atoms with Gasteiger partial charge in [-0.2, -0.15) is 0 Å². The van der Waals surface area contributed by atoms with Crippen LogP contribution < -0.4 is 4.72 Å². The van der Waals surface area contributed by atoms with Gasteiger partial charge in [-0.1, -0.05) is 11.6 Å². The average molecular weight is 278 g/mol. The van der Waals surface area contributed by atoms with Crippen molar-refractivity contribution in [3.05, 3.63) is 23.5 Å². The summed E-state index contributed by atoms with van der Waals surface area (Å²) in [7, 11) is 0.322. The minimum Gasteiger partial charge on any atom is -0.309 e. The number of nitrogens with zero attached hydrogens (tertiary/aromatic N) is 2. The highest BCUT2D eigenvalue weighted by atomic mass is 35.5. The van der Waals surface area contributed by atoms with Crippen molar-refractivity contribution >= 4 is 21.6 Å². The summed E-state index contributed by atoms with van der Waals surface area (Å²) in [5, 5.41) is 0.181. The Morgan fingerprint density at radius 3 is 2.76 bits per heavy atom. The topological polar surface area (TPSA) is 62.3 Å². The number of halogens is 1. The van der Waals surface area contributed by atoms with Gasteiger partial charge in [0.25, 0.3) is 0 Å². The fourth-order valence-corrected chi connectivity index (χ4v) is 2.74. The van der Waals surface area contributed by atoms with Crippen molar-refractivity contribution in [1.29, 1.82) is 0 Å². The second-order valence-corrected chi connectivity index (χ2v) is 6.00. The standard InChI is InChI=1S/C10H16ClN3O2S/c1-14(2)7-3-5-13-17(15,16)10-8-12-6-4-9(10)11/h4,6,8,13H,3,5,7H2,1-2H3. The van der Waals surface area contributed by atoms with Crippen LogP contribution in [0.25, 0.3) is 0 Å². The van der Waals surface area contributed by atoms with Crippen LogP contribution in [0.1, 0.15) is 6.42 Å². The number of sulfonamides is 1. The molecule has 0 saturated carbocycles. The molecule has 0 aliphatic rings. The third-order valence-corrected chi connectivity index (χ3v) is 4.03. The van der Waals surface area contributed by atoms with Crippen molar-refractivity contribution in [2.45, 2.75) is 11.3 Å². The molecule has 0 bridgehead atoms. The summed E-state index contributed by atoms with van der Waals surface area (Å²) >= 11 is 5.80. The molecule has 1 rings (SSSR count). The molecule has 0 radical (unpaired) electrons. The molecule has 0 aliphatic heterocycles. The molecule has 1 aromatic rings. The molecule has 17 heavy (non-hydrogen) atoms. The molecule has 96 valence electrons. The van der Waals surface area contributed by atoms with E-state index < -0.39 is 10.0 Å². The lowest BCUT2D eigenvalue weighted by Gasteiger charge is -2.10. The van der Waals surface area contributed by atoms with Gasteiger partial charge in [0.05, 0.1) is 5.02 Å². The van der Waals surface area contributed by atoms with E-state index in [1.165, 1.54) is 18.5 Å². The maximum atomic E-state index is 11.8. The molecule has 0 unspecified atom stereocenters. The first-order valence-electron chi connectivity index (χ1n) is 5.17. The fraction of sp³-hybridized carbons (Fsp3) is 0.500. The highest BCUT2D eigenvalue weighted by Crippen LogP contribution is 2.18. The first kappa shape index (κ1) is 14.4. The van der Waals surface area contributed by atoms with E-state index in [1.807, 2.05) is 19.0 Å². The maximum Gasteiger partial charge on any atom is 0.243 e.